The Morgan fingerprint density at radius 2 is 2.10 bits per heavy atom. The van der Waals surface area contributed by atoms with Crippen molar-refractivity contribution in [3.05, 3.63) is 46.2 Å². The van der Waals surface area contributed by atoms with Crippen molar-refractivity contribution in [1.29, 1.82) is 0 Å². The Morgan fingerprint density at radius 1 is 1.30 bits per heavy atom. The minimum absolute atomic E-state index is 0.557. The SMILES string of the molecule is CCN(Cc1cccs1)c1cccc(OC)c1[C@@H](C)O. The monoisotopic (exact) mass is 291 g/mol. The van der Waals surface area contributed by atoms with Crippen LogP contribution >= 0.6 is 11.3 Å². The summed E-state index contributed by atoms with van der Waals surface area (Å²) in [6, 6.07) is 10.1. The lowest BCUT2D eigenvalue weighted by molar-refractivity contribution is 0.194. The van der Waals surface area contributed by atoms with Crippen molar-refractivity contribution in [2.24, 2.45) is 0 Å². The van der Waals surface area contributed by atoms with Crippen LogP contribution < -0.4 is 9.64 Å². The average Bonchev–Trinajstić information content (AvgIpc) is 2.96. The zero-order chi connectivity index (χ0) is 14.5. The van der Waals surface area contributed by atoms with Crippen molar-refractivity contribution in [1.82, 2.24) is 0 Å². The molecule has 1 atom stereocenters. The molecule has 0 aliphatic carbocycles. The van der Waals surface area contributed by atoms with E-state index in [4.69, 9.17) is 4.74 Å². The van der Waals surface area contributed by atoms with E-state index in [-0.39, 0.29) is 0 Å². The Balaban J connectivity index is 2.38. The number of anilines is 1. The van der Waals surface area contributed by atoms with Crippen LogP contribution in [-0.4, -0.2) is 18.8 Å². The van der Waals surface area contributed by atoms with Crippen LogP contribution in [0.4, 0.5) is 5.69 Å². The Kier molecular flexibility index (Phi) is 5.04. The Morgan fingerprint density at radius 3 is 2.65 bits per heavy atom. The molecule has 0 radical (unpaired) electrons. The minimum atomic E-state index is -0.557. The molecule has 1 N–H and O–H groups in total. The Bertz CT molecular complexity index is 537. The van der Waals surface area contributed by atoms with Crippen molar-refractivity contribution in [2.45, 2.75) is 26.5 Å². The van der Waals surface area contributed by atoms with Gasteiger partial charge in [0.2, 0.25) is 0 Å². The van der Waals surface area contributed by atoms with E-state index < -0.39 is 6.10 Å². The molecule has 0 aliphatic heterocycles. The molecule has 0 saturated heterocycles. The van der Waals surface area contributed by atoms with Gasteiger partial charge in [-0.1, -0.05) is 12.1 Å². The minimum Gasteiger partial charge on any atom is -0.496 e. The second kappa shape index (κ2) is 6.77. The summed E-state index contributed by atoms with van der Waals surface area (Å²) in [5, 5.41) is 12.2. The quantitative estimate of drug-likeness (QED) is 0.878. The van der Waals surface area contributed by atoms with E-state index in [1.165, 1.54) is 4.88 Å². The van der Waals surface area contributed by atoms with Gasteiger partial charge in [0.1, 0.15) is 5.75 Å². The van der Waals surface area contributed by atoms with Gasteiger partial charge in [0, 0.05) is 22.7 Å². The van der Waals surface area contributed by atoms with Crippen molar-refractivity contribution < 1.29 is 9.84 Å². The van der Waals surface area contributed by atoms with Gasteiger partial charge >= 0.3 is 0 Å². The van der Waals surface area contributed by atoms with Crippen molar-refractivity contribution >= 4 is 17.0 Å². The highest BCUT2D eigenvalue weighted by Gasteiger charge is 2.18. The molecule has 0 aliphatic rings. The fourth-order valence-electron chi connectivity index (χ4n) is 2.36. The molecular formula is C16H21NO2S. The van der Waals surface area contributed by atoms with Gasteiger partial charge in [-0.25, -0.2) is 0 Å². The molecule has 108 valence electrons. The lowest BCUT2D eigenvalue weighted by atomic mass is 10.1. The van der Waals surface area contributed by atoms with Gasteiger partial charge in [-0.2, -0.15) is 0 Å². The summed E-state index contributed by atoms with van der Waals surface area (Å²) >= 11 is 1.75. The summed E-state index contributed by atoms with van der Waals surface area (Å²) in [4.78, 5) is 3.57. The predicted molar refractivity (Wildman–Crippen MR) is 84.7 cm³/mol. The van der Waals surface area contributed by atoms with Gasteiger partial charge in [-0.3, -0.25) is 0 Å². The summed E-state index contributed by atoms with van der Waals surface area (Å²) in [5.41, 5.74) is 1.89. The average molecular weight is 291 g/mol. The molecule has 1 heterocycles. The van der Waals surface area contributed by atoms with E-state index in [0.717, 1.165) is 30.1 Å². The van der Waals surface area contributed by atoms with Crippen LogP contribution in [-0.2, 0) is 6.54 Å². The van der Waals surface area contributed by atoms with Gasteiger partial charge in [-0.05, 0) is 37.4 Å². The van der Waals surface area contributed by atoms with Crippen molar-refractivity contribution in [3.63, 3.8) is 0 Å². The van der Waals surface area contributed by atoms with Crippen molar-refractivity contribution in [2.75, 3.05) is 18.6 Å². The number of thiophene rings is 1. The molecular weight excluding hydrogens is 270 g/mol. The molecule has 0 fully saturated rings. The number of aliphatic hydroxyl groups is 1. The Hall–Kier alpha value is -1.52. The van der Waals surface area contributed by atoms with Gasteiger partial charge in [0.25, 0.3) is 0 Å². The maximum absolute atomic E-state index is 10.1. The first-order valence-corrected chi connectivity index (χ1v) is 7.67. The second-order valence-corrected chi connectivity index (χ2v) is 5.69. The Labute approximate surface area is 124 Å². The molecule has 1 aromatic carbocycles. The van der Waals surface area contributed by atoms with Crippen LogP contribution in [0.1, 0.15) is 30.4 Å². The van der Waals surface area contributed by atoms with E-state index in [9.17, 15) is 5.11 Å². The number of methoxy groups -OCH3 is 1. The largest absolute Gasteiger partial charge is 0.496 e. The number of aliphatic hydroxyl groups excluding tert-OH is 1. The topological polar surface area (TPSA) is 32.7 Å². The third kappa shape index (κ3) is 3.14. The first-order chi connectivity index (χ1) is 9.67. The second-order valence-electron chi connectivity index (χ2n) is 4.66. The predicted octanol–water partition coefficient (Wildman–Crippen LogP) is 3.84. The lowest BCUT2D eigenvalue weighted by Gasteiger charge is -2.27. The van der Waals surface area contributed by atoms with Crippen LogP contribution in [0.2, 0.25) is 0 Å². The summed E-state index contributed by atoms with van der Waals surface area (Å²) in [5.74, 6) is 0.738. The standard InChI is InChI=1S/C16H21NO2S/c1-4-17(11-13-7-6-10-20-13)14-8-5-9-15(19-3)16(14)12(2)18/h5-10,12,18H,4,11H2,1-3H3/t12-/m1/s1. The van der Waals surface area contributed by atoms with Crippen LogP contribution in [0.25, 0.3) is 0 Å². The zero-order valence-corrected chi connectivity index (χ0v) is 13.0. The van der Waals surface area contributed by atoms with Crippen LogP contribution in [0.5, 0.6) is 5.75 Å². The van der Waals surface area contributed by atoms with Gasteiger partial charge < -0.3 is 14.7 Å². The molecule has 0 bridgehead atoms. The van der Waals surface area contributed by atoms with E-state index >= 15 is 0 Å². The highest BCUT2D eigenvalue weighted by atomic mass is 32.1. The van der Waals surface area contributed by atoms with Crippen molar-refractivity contribution in [3.8, 4) is 5.75 Å². The number of rotatable bonds is 6. The molecule has 0 unspecified atom stereocenters. The third-order valence-electron chi connectivity index (χ3n) is 3.33. The molecule has 4 heteroatoms. The number of hydrogen-bond acceptors (Lipinski definition) is 4. The van der Waals surface area contributed by atoms with Crippen LogP contribution in [0.3, 0.4) is 0 Å². The molecule has 0 saturated carbocycles. The first kappa shape index (κ1) is 14.9. The number of nitrogens with zero attached hydrogens (tertiary/aromatic N) is 1. The number of hydrogen-bond donors (Lipinski definition) is 1. The van der Waals surface area contributed by atoms with E-state index in [0.29, 0.717) is 0 Å². The van der Waals surface area contributed by atoms with Crippen LogP contribution in [0.15, 0.2) is 35.7 Å². The summed E-state index contributed by atoms with van der Waals surface area (Å²) in [6.07, 6.45) is -0.557. The molecule has 0 spiro atoms. The fourth-order valence-corrected chi connectivity index (χ4v) is 3.08. The fraction of sp³-hybridized carbons (Fsp3) is 0.375. The molecule has 0 amide bonds. The smallest absolute Gasteiger partial charge is 0.126 e. The van der Waals surface area contributed by atoms with Gasteiger partial charge in [-0.15, -0.1) is 11.3 Å². The number of benzene rings is 1. The highest BCUT2D eigenvalue weighted by Crippen LogP contribution is 2.35. The van der Waals surface area contributed by atoms with E-state index in [1.54, 1.807) is 25.4 Å². The maximum atomic E-state index is 10.1. The van der Waals surface area contributed by atoms with Gasteiger partial charge in [0.05, 0.1) is 19.8 Å². The van der Waals surface area contributed by atoms with Crippen LogP contribution in [0, 0.1) is 0 Å². The summed E-state index contributed by atoms with van der Waals surface area (Å²) < 4.78 is 5.39. The van der Waals surface area contributed by atoms with Gasteiger partial charge in [0.15, 0.2) is 0 Å². The van der Waals surface area contributed by atoms with E-state index in [2.05, 4.69) is 29.3 Å². The molecule has 2 aromatic rings. The first-order valence-electron chi connectivity index (χ1n) is 6.79. The summed E-state index contributed by atoms with van der Waals surface area (Å²) in [7, 11) is 1.64. The summed E-state index contributed by atoms with van der Waals surface area (Å²) in [6.45, 7) is 5.63. The van der Waals surface area contributed by atoms with E-state index in [1.807, 2.05) is 18.2 Å². The molecule has 20 heavy (non-hydrogen) atoms. The normalized spacial score (nSPS) is 12.2. The maximum Gasteiger partial charge on any atom is 0.126 e. The highest BCUT2D eigenvalue weighted by molar-refractivity contribution is 7.09. The number of ether oxygens (including phenoxy) is 1. The zero-order valence-electron chi connectivity index (χ0n) is 12.2. The third-order valence-corrected chi connectivity index (χ3v) is 4.19. The molecule has 1 aromatic heterocycles. The molecule has 3 nitrogen and oxygen atoms in total. The molecule has 2 rings (SSSR count). The lowest BCUT2D eigenvalue weighted by Crippen LogP contribution is -2.23.